The number of carbonyl (C=O) groups is 6. The minimum absolute atomic E-state index is 0.0287. The molecule has 2 heterocycles. The van der Waals surface area contributed by atoms with Crippen molar-refractivity contribution in [2.45, 2.75) is 25.7 Å². The number of halogens is 4. The van der Waals surface area contributed by atoms with Crippen LogP contribution in [-0.4, -0.2) is 97.6 Å². The van der Waals surface area contributed by atoms with Crippen LogP contribution < -0.4 is 21.3 Å². The first-order chi connectivity index (χ1) is 34.8. The molecule has 72 heavy (non-hydrogen) atoms. The molecule has 0 spiro atoms. The molecule has 6 aromatic rings. The number of likely N-dealkylation sites (tertiary alicyclic amines) is 2. The van der Waals surface area contributed by atoms with Crippen LogP contribution in [0.1, 0.15) is 43.0 Å². The molecule has 6 aromatic carbocycles. The average Bonchev–Trinajstić information content (AvgIpc) is 4.05. The van der Waals surface area contributed by atoms with Gasteiger partial charge in [0.2, 0.25) is 23.6 Å². The number of nitrogens with zero attached hydrogens (tertiary/aromatic N) is 2. The van der Waals surface area contributed by atoms with Crippen molar-refractivity contribution in [2.75, 3.05) is 52.4 Å². The van der Waals surface area contributed by atoms with Crippen LogP contribution in [0.3, 0.4) is 0 Å². The van der Waals surface area contributed by atoms with E-state index >= 15 is 0 Å². The molecule has 0 aliphatic carbocycles. The molecule has 16 heteroatoms. The van der Waals surface area contributed by atoms with E-state index in [-0.39, 0.29) is 75.6 Å². The largest absolute Gasteiger partial charge is 0.355 e. The number of fused-ring (bicyclic) bond motifs is 1. The van der Waals surface area contributed by atoms with E-state index < -0.39 is 59.1 Å². The average molecular weight is 983 g/mol. The van der Waals surface area contributed by atoms with Crippen molar-refractivity contribution < 1.29 is 46.3 Å². The number of rotatable bonds is 18. The van der Waals surface area contributed by atoms with Crippen LogP contribution in [0.25, 0.3) is 10.8 Å². The quantitative estimate of drug-likeness (QED) is 0.0752. The van der Waals surface area contributed by atoms with Crippen LogP contribution >= 0.6 is 0 Å². The molecule has 0 bridgehead atoms. The van der Waals surface area contributed by atoms with Crippen LogP contribution in [-0.2, 0) is 44.9 Å². The summed E-state index contributed by atoms with van der Waals surface area (Å²) in [6.07, 6.45) is 1.71. The summed E-state index contributed by atoms with van der Waals surface area (Å²) in [7, 11) is 0. The van der Waals surface area contributed by atoms with Crippen LogP contribution in [0.4, 0.5) is 17.6 Å². The minimum Gasteiger partial charge on any atom is -0.355 e. The number of nitrogens with one attached hydrogen (secondary N) is 4. The fourth-order valence-corrected chi connectivity index (χ4v) is 9.33. The summed E-state index contributed by atoms with van der Waals surface area (Å²) >= 11 is 0. The van der Waals surface area contributed by atoms with Crippen molar-refractivity contribution in [2.24, 2.45) is 23.7 Å². The summed E-state index contributed by atoms with van der Waals surface area (Å²) in [5.41, 5.74) is 3.86. The predicted octanol–water partition coefficient (Wildman–Crippen LogP) is 6.21. The van der Waals surface area contributed by atoms with Crippen molar-refractivity contribution in [3.05, 3.63) is 190 Å². The van der Waals surface area contributed by atoms with Crippen molar-refractivity contribution in [1.82, 2.24) is 31.1 Å². The monoisotopic (exact) mass is 982 g/mol. The van der Waals surface area contributed by atoms with Gasteiger partial charge in [-0.15, -0.1) is 0 Å². The maximum atomic E-state index is 14.1. The Labute approximate surface area is 414 Å². The SMILES string of the molecule is O=C(NCCc1ccc(F)cc1)[C@@H]1CN(C(=O)c2ccc3cc(C(=O)N4C[C@@H](C(=O)NCCc5ccc(F)cc5)[C@H](C(=O)NCCc5ccc(F)cc5)C4)ccc3c2)C[C@H]1C(=O)NCCc1ccc(F)cc1. The Kier molecular flexibility index (Phi) is 16.4. The highest BCUT2D eigenvalue weighted by Crippen LogP contribution is 2.30. The third-order valence-electron chi connectivity index (χ3n) is 13.4. The van der Waals surface area contributed by atoms with Gasteiger partial charge >= 0.3 is 0 Å². The first-order valence-electron chi connectivity index (χ1n) is 24.0. The molecule has 6 amide bonds. The summed E-state index contributed by atoms with van der Waals surface area (Å²) in [6, 6.07) is 33.7. The smallest absolute Gasteiger partial charge is 0.253 e. The number of hydrogen-bond donors (Lipinski definition) is 4. The molecular weight excluding hydrogens is 929 g/mol. The molecule has 0 radical (unpaired) electrons. The second-order valence-corrected chi connectivity index (χ2v) is 18.3. The molecule has 8 rings (SSSR count). The fourth-order valence-electron chi connectivity index (χ4n) is 9.33. The number of carbonyl (C=O) groups excluding carboxylic acids is 6. The molecule has 12 nitrogen and oxygen atoms in total. The van der Waals surface area contributed by atoms with E-state index in [1.807, 2.05) is 0 Å². The van der Waals surface area contributed by atoms with Crippen LogP contribution in [0, 0.1) is 46.9 Å². The zero-order chi connectivity index (χ0) is 50.7. The first kappa shape index (κ1) is 50.5. The Bertz CT molecular complexity index is 2580. The molecule has 0 unspecified atom stereocenters. The lowest BCUT2D eigenvalue weighted by Crippen LogP contribution is -2.42. The van der Waals surface area contributed by atoms with E-state index in [9.17, 15) is 46.3 Å². The van der Waals surface area contributed by atoms with E-state index in [4.69, 9.17) is 0 Å². The molecule has 2 fully saturated rings. The highest BCUT2D eigenvalue weighted by Gasteiger charge is 2.45. The van der Waals surface area contributed by atoms with Crippen LogP contribution in [0.2, 0.25) is 0 Å². The van der Waals surface area contributed by atoms with Crippen LogP contribution in [0.5, 0.6) is 0 Å². The number of amides is 6. The van der Waals surface area contributed by atoms with Gasteiger partial charge in [0.15, 0.2) is 0 Å². The molecular formula is C56H54F4N6O6. The molecule has 2 aliphatic rings. The first-order valence-corrected chi connectivity index (χ1v) is 24.0. The Balaban J connectivity index is 0.927. The van der Waals surface area contributed by atoms with Crippen molar-refractivity contribution in [3.63, 3.8) is 0 Å². The lowest BCUT2D eigenvalue weighted by Gasteiger charge is -2.18. The van der Waals surface area contributed by atoms with Gasteiger partial charge < -0.3 is 31.1 Å². The van der Waals surface area contributed by atoms with Gasteiger partial charge in [0, 0.05) is 63.5 Å². The Morgan fingerprint density at radius 2 is 0.597 bits per heavy atom. The minimum atomic E-state index is -0.869. The summed E-state index contributed by atoms with van der Waals surface area (Å²) in [5, 5.41) is 12.8. The van der Waals surface area contributed by atoms with E-state index in [0.29, 0.717) is 47.6 Å². The summed E-state index contributed by atoms with van der Waals surface area (Å²) in [6.45, 7) is 0.801. The summed E-state index contributed by atoms with van der Waals surface area (Å²) in [5.74, 6) is -7.37. The molecule has 372 valence electrons. The molecule has 4 atom stereocenters. The van der Waals surface area contributed by atoms with Gasteiger partial charge in [-0.2, -0.15) is 0 Å². The van der Waals surface area contributed by atoms with Crippen LogP contribution in [0.15, 0.2) is 133 Å². The molecule has 2 aliphatic heterocycles. The maximum absolute atomic E-state index is 14.1. The number of hydrogen-bond acceptors (Lipinski definition) is 6. The van der Waals surface area contributed by atoms with Gasteiger partial charge in [0.1, 0.15) is 23.3 Å². The van der Waals surface area contributed by atoms with E-state index in [1.165, 1.54) is 58.3 Å². The molecule has 0 saturated carbocycles. The summed E-state index contributed by atoms with van der Waals surface area (Å²) < 4.78 is 53.8. The second kappa shape index (κ2) is 23.4. The lowest BCUT2D eigenvalue weighted by atomic mass is 9.94. The second-order valence-electron chi connectivity index (χ2n) is 18.3. The highest BCUT2D eigenvalue weighted by molar-refractivity contribution is 6.03. The van der Waals surface area contributed by atoms with Gasteiger partial charge in [0.25, 0.3) is 11.8 Å². The Hall–Kier alpha value is -7.88. The van der Waals surface area contributed by atoms with Gasteiger partial charge in [-0.1, -0.05) is 60.7 Å². The highest BCUT2D eigenvalue weighted by atomic mass is 19.1. The van der Waals surface area contributed by atoms with E-state index in [1.54, 1.807) is 84.9 Å². The zero-order valence-electron chi connectivity index (χ0n) is 39.4. The van der Waals surface area contributed by atoms with Crippen molar-refractivity contribution in [1.29, 1.82) is 0 Å². The summed E-state index contributed by atoms with van der Waals surface area (Å²) in [4.78, 5) is 86.0. The van der Waals surface area contributed by atoms with Crippen molar-refractivity contribution in [3.8, 4) is 0 Å². The lowest BCUT2D eigenvalue weighted by molar-refractivity contribution is -0.132. The normalized spacial score (nSPS) is 17.4. The Morgan fingerprint density at radius 3 is 0.833 bits per heavy atom. The fraction of sp³-hybridized carbons (Fsp3) is 0.286. The van der Waals surface area contributed by atoms with Gasteiger partial charge in [-0.05, 0) is 132 Å². The topological polar surface area (TPSA) is 157 Å². The van der Waals surface area contributed by atoms with E-state index in [0.717, 1.165) is 22.3 Å². The third kappa shape index (κ3) is 12.9. The number of benzene rings is 6. The van der Waals surface area contributed by atoms with Gasteiger partial charge in [-0.25, -0.2) is 17.6 Å². The zero-order valence-corrected chi connectivity index (χ0v) is 39.4. The Morgan fingerprint density at radius 1 is 0.361 bits per heavy atom. The predicted molar refractivity (Wildman–Crippen MR) is 262 cm³/mol. The molecule has 4 N–H and O–H groups in total. The molecule has 0 aromatic heterocycles. The molecule has 2 saturated heterocycles. The van der Waals surface area contributed by atoms with Gasteiger partial charge in [0.05, 0.1) is 23.7 Å². The maximum Gasteiger partial charge on any atom is 0.253 e. The third-order valence-corrected chi connectivity index (χ3v) is 13.4. The van der Waals surface area contributed by atoms with E-state index in [2.05, 4.69) is 21.3 Å². The van der Waals surface area contributed by atoms with Gasteiger partial charge in [-0.3, -0.25) is 28.8 Å². The standard InChI is InChI=1S/C56H54F4N6O6/c57-43-13-1-35(2-14-43)21-25-61-51(67)47-31-65(32-48(47)52(68)62-26-22-36-3-15-44(58)16-4-36)55(71)41-11-9-40-30-42(12-10-39(40)29-41)56(72)66-33-49(53(69)63-27-23-37-5-17-45(59)18-6-37)50(34-66)54(70)64-28-24-38-7-19-46(60)20-8-38/h1-20,29-30,47-50H,21-28,31-34H2,(H,61,67)(H,62,68)(H,63,69)(H,64,70)/t47-,48-,49-,50-/m1/s1. The van der Waals surface area contributed by atoms with Crippen molar-refractivity contribution >= 4 is 46.2 Å².